The fourth-order valence-corrected chi connectivity index (χ4v) is 4.21. The standard InChI is InChI=1S/C32H58O10Si/c1-28(2,3)24(33)39-20-19(18-37-43(16,17)32(13,14)15)38-23(42-27(36)31(10,11)12)22(41-26(35)30(7,8)9)21(20)40-25(34)29(4,5)6/h19-23H,18H2,1-17H3/t19-,20-,21+,22+,23-/m1/s1. The van der Waals surface area contributed by atoms with Crippen LogP contribution >= 0.6 is 0 Å². The second-order valence-electron chi connectivity index (χ2n) is 17.1. The Morgan fingerprint density at radius 1 is 0.535 bits per heavy atom. The van der Waals surface area contributed by atoms with E-state index >= 15 is 0 Å². The fourth-order valence-electron chi connectivity index (χ4n) is 3.20. The Morgan fingerprint density at radius 2 is 0.860 bits per heavy atom. The van der Waals surface area contributed by atoms with Gasteiger partial charge in [0.25, 0.3) is 0 Å². The van der Waals surface area contributed by atoms with Gasteiger partial charge in [-0.15, -0.1) is 0 Å². The Kier molecular flexibility index (Phi) is 12.0. The molecular formula is C32H58O10Si. The second-order valence-corrected chi connectivity index (χ2v) is 21.9. The largest absolute Gasteiger partial charge is 0.455 e. The van der Waals surface area contributed by atoms with Gasteiger partial charge in [-0.3, -0.25) is 19.2 Å². The van der Waals surface area contributed by atoms with Crippen LogP contribution in [0.25, 0.3) is 0 Å². The molecule has 1 fully saturated rings. The van der Waals surface area contributed by atoms with Crippen molar-refractivity contribution in [3.05, 3.63) is 0 Å². The van der Waals surface area contributed by atoms with Gasteiger partial charge >= 0.3 is 23.9 Å². The topological polar surface area (TPSA) is 124 Å². The summed E-state index contributed by atoms with van der Waals surface area (Å²) in [5.74, 6) is -2.48. The zero-order valence-corrected chi connectivity index (χ0v) is 30.7. The third-order valence-electron chi connectivity index (χ3n) is 7.41. The Hall–Kier alpha value is -1.98. The smallest absolute Gasteiger partial charge is 0.313 e. The summed E-state index contributed by atoms with van der Waals surface area (Å²) < 4.78 is 36.6. The molecule has 1 heterocycles. The third kappa shape index (κ3) is 10.8. The van der Waals surface area contributed by atoms with Crippen LogP contribution in [-0.4, -0.2) is 69.5 Å². The first-order chi connectivity index (χ1) is 18.9. The first-order valence-electron chi connectivity index (χ1n) is 15.0. The van der Waals surface area contributed by atoms with Crippen LogP contribution in [0.2, 0.25) is 18.1 Å². The molecule has 0 amide bonds. The number of hydrogen-bond acceptors (Lipinski definition) is 10. The van der Waals surface area contributed by atoms with Crippen LogP contribution in [0.4, 0.5) is 0 Å². The zero-order chi connectivity index (χ0) is 34.1. The van der Waals surface area contributed by atoms with Crippen LogP contribution in [0.5, 0.6) is 0 Å². The summed E-state index contributed by atoms with van der Waals surface area (Å²) in [4.78, 5) is 53.0. The Balaban J connectivity index is 3.86. The first-order valence-corrected chi connectivity index (χ1v) is 17.9. The van der Waals surface area contributed by atoms with Gasteiger partial charge in [0.2, 0.25) is 12.4 Å². The van der Waals surface area contributed by atoms with Crippen molar-refractivity contribution in [3.8, 4) is 0 Å². The van der Waals surface area contributed by atoms with Crippen molar-refractivity contribution in [2.45, 2.75) is 153 Å². The van der Waals surface area contributed by atoms with E-state index in [1.807, 2.05) is 0 Å². The molecule has 1 aliphatic heterocycles. The summed E-state index contributed by atoms with van der Waals surface area (Å²) in [7, 11) is -2.35. The normalized spacial score (nSPS) is 24.2. The molecule has 1 rings (SSSR count). The van der Waals surface area contributed by atoms with Crippen molar-refractivity contribution in [2.75, 3.05) is 6.61 Å². The van der Waals surface area contributed by atoms with E-state index in [2.05, 4.69) is 33.9 Å². The van der Waals surface area contributed by atoms with Gasteiger partial charge in [0.15, 0.2) is 20.5 Å². The summed E-state index contributed by atoms with van der Waals surface area (Å²) in [5.41, 5.74) is -3.77. The number of carbonyl (C=O) groups is 4. The Bertz CT molecular complexity index is 1020. The van der Waals surface area contributed by atoms with Gasteiger partial charge in [0.1, 0.15) is 6.10 Å². The Morgan fingerprint density at radius 3 is 1.21 bits per heavy atom. The summed E-state index contributed by atoms with van der Waals surface area (Å²) in [6, 6.07) is 0. The van der Waals surface area contributed by atoms with Crippen molar-refractivity contribution >= 4 is 32.2 Å². The molecule has 0 aromatic carbocycles. The molecule has 0 N–H and O–H groups in total. The molecule has 250 valence electrons. The maximum Gasteiger partial charge on any atom is 0.313 e. The van der Waals surface area contributed by atoms with E-state index in [0.717, 1.165) is 0 Å². The minimum atomic E-state index is -2.35. The molecule has 0 aromatic rings. The highest BCUT2D eigenvalue weighted by molar-refractivity contribution is 6.74. The molecule has 43 heavy (non-hydrogen) atoms. The highest BCUT2D eigenvalue weighted by Gasteiger charge is 2.56. The summed E-state index contributed by atoms with van der Waals surface area (Å²) in [6.07, 6.45) is -6.56. The van der Waals surface area contributed by atoms with E-state index in [9.17, 15) is 19.2 Å². The maximum absolute atomic E-state index is 13.4. The average molecular weight is 631 g/mol. The van der Waals surface area contributed by atoms with Crippen LogP contribution in [-0.2, 0) is 47.3 Å². The molecule has 0 unspecified atom stereocenters. The molecule has 0 bridgehead atoms. The molecule has 0 radical (unpaired) electrons. The predicted molar refractivity (Wildman–Crippen MR) is 165 cm³/mol. The second kappa shape index (κ2) is 13.2. The Labute approximate surface area is 260 Å². The maximum atomic E-state index is 13.4. The van der Waals surface area contributed by atoms with Gasteiger partial charge in [-0.1, -0.05) is 20.8 Å². The van der Waals surface area contributed by atoms with E-state index in [0.29, 0.717) is 0 Å². The fraction of sp³-hybridized carbons (Fsp3) is 0.875. The lowest BCUT2D eigenvalue weighted by atomic mass is 9.93. The van der Waals surface area contributed by atoms with Crippen LogP contribution < -0.4 is 0 Å². The molecule has 11 heteroatoms. The highest BCUT2D eigenvalue weighted by atomic mass is 28.4. The minimum Gasteiger partial charge on any atom is -0.455 e. The molecule has 0 spiro atoms. The van der Waals surface area contributed by atoms with Crippen LogP contribution in [0.3, 0.4) is 0 Å². The van der Waals surface area contributed by atoms with Gasteiger partial charge < -0.3 is 28.1 Å². The lowest BCUT2D eigenvalue weighted by Crippen LogP contribution is -2.65. The monoisotopic (exact) mass is 630 g/mol. The molecule has 0 aliphatic carbocycles. The molecule has 5 atom stereocenters. The average Bonchev–Trinajstić information content (AvgIpc) is 2.77. The lowest BCUT2D eigenvalue weighted by Gasteiger charge is -2.47. The number of rotatable bonds is 7. The number of carbonyl (C=O) groups excluding carboxylic acids is 4. The van der Waals surface area contributed by atoms with Crippen molar-refractivity contribution in [1.82, 2.24) is 0 Å². The van der Waals surface area contributed by atoms with Crippen LogP contribution in [0.1, 0.15) is 104 Å². The molecule has 0 aromatic heterocycles. The number of ether oxygens (including phenoxy) is 5. The van der Waals surface area contributed by atoms with Crippen molar-refractivity contribution in [2.24, 2.45) is 21.7 Å². The van der Waals surface area contributed by atoms with Crippen LogP contribution in [0.15, 0.2) is 0 Å². The van der Waals surface area contributed by atoms with Gasteiger partial charge in [-0.2, -0.15) is 0 Å². The quantitative estimate of drug-likeness (QED) is 0.183. The molecule has 0 saturated carbocycles. The van der Waals surface area contributed by atoms with Crippen molar-refractivity contribution in [1.29, 1.82) is 0 Å². The summed E-state index contributed by atoms with van der Waals surface area (Å²) >= 11 is 0. The first kappa shape index (κ1) is 39.0. The summed E-state index contributed by atoms with van der Waals surface area (Å²) in [5, 5.41) is -0.153. The van der Waals surface area contributed by atoms with Gasteiger partial charge in [0.05, 0.1) is 28.3 Å². The molecule has 1 aliphatic rings. The van der Waals surface area contributed by atoms with Crippen molar-refractivity contribution in [3.63, 3.8) is 0 Å². The van der Waals surface area contributed by atoms with E-state index in [4.69, 9.17) is 28.1 Å². The van der Waals surface area contributed by atoms with E-state index in [1.54, 1.807) is 83.1 Å². The lowest BCUT2D eigenvalue weighted by molar-refractivity contribution is -0.305. The van der Waals surface area contributed by atoms with E-state index < -0.39 is 84.6 Å². The SMILES string of the molecule is CC(C)(C)C(=O)O[C@H]1O[C@H](CO[Si](C)(C)C(C)(C)C)[C@@H](OC(=O)C(C)(C)C)[C@H](OC(=O)C(C)(C)C)[C@@H]1OC(=O)C(C)(C)C. The molecule has 1 saturated heterocycles. The van der Waals surface area contributed by atoms with Gasteiger partial charge in [0, 0.05) is 0 Å². The predicted octanol–water partition coefficient (Wildman–Crippen LogP) is 6.20. The number of hydrogen-bond donors (Lipinski definition) is 0. The van der Waals surface area contributed by atoms with Gasteiger partial charge in [-0.25, -0.2) is 0 Å². The van der Waals surface area contributed by atoms with Crippen molar-refractivity contribution < 1.29 is 47.3 Å². The van der Waals surface area contributed by atoms with Crippen LogP contribution in [0, 0.1) is 21.7 Å². The number of esters is 4. The van der Waals surface area contributed by atoms with E-state index in [1.165, 1.54) is 0 Å². The molecular weight excluding hydrogens is 572 g/mol. The van der Waals surface area contributed by atoms with Gasteiger partial charge in [-0.05, 0) is 101 Å². The highest BCUT2D eigenvalue weighted by Crippen LogP contribution is 2.39. The van der Waals surface area contributed by atoms with E-state index in [-0.39, 0.29) is 11.6 Å². The molecule has 10 nitrogen and oxygen atoms in total. The third-order valence-corrected chi connectivity index (χ3v) is 11.9. The minimum absolute atomic E-state index is 0.0499. The summed E-state index contributed by atoms with van der Waals surface area (Å²) in [6.45, 7) is 30.5. The zero-order valence-electron chi connectivity index (χ0n) is 29.7.